The number of aromatic nitrogens is 1. The maximum absolute atomic E-state index is 14.9. The summed E-state index contributed by atoms with van der Waals surface area (Å²) in [7, 11) is 0. The number of anilines is 1. The van der Waals surface area contributed by atoms with E-state index in [0.717, 1.165) is 11.1 Å². The Labute approximate surface area is 190 Å². The number of ether oxygens (including phenoxy) is 1. The van der Waals surface area contributed by atoms with Crippen molar-refractivity contribution in [2.45, 2.75) is 19.6 Å². The van der Waals surface area contributed by atoms with Crippen molar-refractivity contribution in [3.8, 4) is 11.1 Å². The van der Waals surface area contributed by atoms with Crippen LogP contribution in [0.1, 0.15) is 12.5 Å². The molecule has 1 fully saturated rings. The molecule has 2 amide bonds. The summed E-state index contributed by atoms with van der Waals surface area (Å²) in [6.07, 6.45) is 2.75. The number of benzene rings is 2. The van der Waals surface area contributed by atoms with Gasteiger partial charge in [0.2, 0.25) is 5.91 Å². The maximum atomic E-state index is 14.9. The first-order valence-electron chi connectivity index (χ1n) is 10.1. The molecule has 0 radical (unpaired) electrons. The molecule has 0 spiro atoms. The van der Waals surface area contributed by atoms with Gasteiger partial charge in [-0.05, 0) is 35.9 Å². The van der Waals surface area contributed by atoms with E-state index in [9.17, 15) is 14.0 Å². The second-order valence-electron chi connectivity index (χ2n) is 7.60. The van der Waals surface area contributed by atoms with Crippen molar-refractivity contribution in [3.05, 3.63) is 83.4 Å². The van der Waals surface area contributed by atoms with Crippen LogP contribution >= 0.6 is 11.6 Å². The highest BCUT2D eigenvalue weighted by Crippen LogP contribution is 2.28. The lowest BCUT2D eigenvalue weighted by molar-refractivity contribution is -0.688. The third kappa shape index (κ3) is 5.06. The predicted octanol–water partition coefficient (Wildman–Crippen LogP) is 3.94. The maximum Gasteiger partial charge on any atom is 0.414 e. The Balaban J connectivity index is 1.45. The molecule has 2 heterocycles. The molecule has 4 rings (SSSR count). The van der Waals surface area contributed by atoms with E-state index in [1.807, 2.05) is 53.4 Å². The van der Waals surface area contributed by atoms with Crippen LogP contribution < -0.4 is 14.8 Å². The van der Waals surface area contributed by atoms with E-state index in [-0.39, 0.29) is 19.0 Å². The molecule has 0 saturated carbocycles. The molecule has 1 aliphatic heterocycles. The van der Waals surface area contributed by atoms with Crippen LogP contribution in [0.4, 0.5) is 14.9 Å². The van der Waals surface area contributed by atoms with Gasteiger partial charge in [-0.25, -0.2) is 13.8 Å². The molecule has 1 aromatic heterocycles. The van der Waals surface area contributed by atoms with E-state index in [1.165, 1.54) is 17.9 Å². The highest BCUT2D eigenvalue weighted by atomic mass is 35.5. The summed E-state index contributed by atoms with van der Waals surface area (Å²) < 4.78 is 22.1. The number of hydrogen-bond acceptors (Lipinski definition) is 3. The van der Waals surface area contributed by atoms with Gasteiger partial charge in [0, 0.05) is 35.2 Å². The van der Waals surface area contributed by atoms with E-state index in [4.69, 9.17) is 16.3 Å². The van der Waals surface area contributed by atoms with Crippen LogP contribution in [0.15, 0.2) is 67.0 Å². The van der Waals surface area contributed by atoms with Crippen LogP contribution in [0.3, 0.4) is 0 Å². The first kappa shape index (κ1) is 21.8. The monoisotopic (exact) mass is 454 g/mol. The van der Waals surface area contributed by atoms with Crippen LogP contribution in [0, 0.1) is 5.82 Å². The van der Waals surface area contributed by atoms with Crippen molar-refractivity contribution in [2.24, 2.45) is 0 Å². The zero-order chi connectivity index (χ0) is 22.7. The SMILES string of the molecule is CC(=O)NCC1CN(c2ccc(-c3cc[n+](Cc4ccc(Cl)cc4)cc3)c(F)c2)C(=O)O1. The highest BCUT2D eigenvalue weighted by molar-refractivity contribution is 6.30. The van der Waals surface area contributed by atoms with E-state index in [2.05, 4.69) is 5.32 Å². The molecular formula is C24H22ClFN3O3+. The molecule has 1 N–H and O–H groups in total. The van der Waals surface area contributed by atoms with Crippen LogP contribution in [-0.2, 0) is 16.1 Å². The topological polar surface area (TPSA) is 62.5 Å². The zero-order valence-corrected chi connectivity index (χ0v) is 18.2. The molecule has 1 saturated heterocycles. The summed E-state index contributed by atoms with van der Waals surface area (Å²) in [6, 6.07) is 16.0. The summed E-state index contributed by atoms with van der Waals surface area (Å²) in [5.41, 5.74) is 2.69. The molecule has 164 valence electrons. The molecule has 2 aromatic carbocycles. The lowest BCUT2D eigenvalue weighted by atomic mass is 10.1. The zero-order valence-electron chi connectivity index (χ0n) is 17.4. The van der Waals surface area contributed by atoms with E-state index in [0.29, 0.717) is 22.8 Å². The number of cyclic esters (lactones) is 1. The number of carbonyl (C=O) groups is 2. The lowest BCUT2D eigenvalue weighted by Crippen LogP contribution is -2.33. The highest BCUT2D eigenvalue weighted by Gasteiger charge is 2.32. The van der Waals surface area contributed by atoms with Crippen LogP contribution in [0.2, 0.25) is 5.02 Å². The molecule has 32 heavy (non-hydrogen) atoms. The third-order valence-electron chi connectivity index (χ3n) is 5.20. The van der Waals surface area contributed by atoms with Crippen molar-refractivity contribution in [2.75, 3.05) is 18.0 Å². The van der Waals surface area contributed by atoms with Crippen LogP contribution in [0.5, 0.6) is 0 Å². The van der Waals surface area contributed by atoms with Crippen LogP contribution in [0.25, 0.3) is 11.1 Å². The first-order chi connectivity index (χ1) is 15.4. The molecule has 6 nitrogen and oxygen atoms in total. The predicted molar refractivity (Wildman–Crippen MR) is 119 cm³/mol. The Morgan fingerprint density at radius 3 is 2.56 bits per heavy atom. The van der Waals surface area contributed by atoms with Gasteiger partial charge < -0.3 is 10.1 Å². The quantitative estimate of drug-likeness (QED) is 0.574. The summed E-state index contributed by atoms with van der Waals surface area (Å²) in [4.78, 5) is 24.6. The smallest absolute Gasteiger partial charge is 0.414 e. The second-order valence-corrected chi connectivity index (χ2v) is 8.04. The van der Waals surface area contributed by atoms with Crippen LogP contribution in [-0.4, -0.2) is 31.2 Å². The fourth-order valence-corrected chi connectivity index (χ4v) is 3.67. The summed E-state index contributed by atoms with van der Waals surface area (Å²) in [6.45, 7) is 2.53. The average molecular weight is 455 g/mol. The van der Waals surface area contributed by atoms with Gasteiger partial charge in [-0.1, -0.05) is 23.7 Å². The molecule has 1 unspecified atom stereocenters. The number of halogens is 2. The van der Waals surface area contributed by atoms with Gasteiger partial charge in [0.1, 0.15) is 11.9 Å². The fraction of sp³-hybridized carbons (Fsp3) is 0.208. The molecule has 8 heteroatoms. The minimum absolute atomic E-state index is 0.202. The molecular weight excluding hydrogens is 433 g/mol. The van der Waals surface area contributed by atoms with Crippen molar-refractivity contribution < 1.29 is 23.3 Å². The summed E-state index contributed by atoms with van der Waals surface area (Å²) in [5.74, 6) is -0.636. The van der Waals surface area contributed by atoms with Crippen molar-refractivity contribution in [3.63, 3.8) is 0 Å². The first-order valence-corrected chi connectivity index (χ1v) is 10.5. The largest absolute Gasteiger partial charge is 0.442 e. The minimum atomic E-state index is -0.560. The molecule has 1 aliphatic rings. The van der Waals surface area contributed by atoms with E-state index in [1.54, 1.807) is 12.1 Å². The summed E-state index contributed by atoms with van der Waals surface area (Å²) in [5, 5.41) is 3.31. The number of carbonyl (C=O) groups excluding carboxylic acids is 2. The molecule has 0 bridgehead atoms. The Hall–Kier alpha value is -3.45. The summed E-state index contributed by atoms with van der Waals surface area (Å²) >= 11 is 5.93. The minimum Gasteiger partial charge on any atom is -0.442 e. The van der Waals surface area contributed by atoms with E-state index >= 15 is 0 Å². The standard InChI is InChI=1S/C24H21ClFN3O3/c1-16(30)27-13-21-15-29(24(31)32-21)20-6-7-22(23(26)12-20)18-8-10-28(11-9-18)14-17-2-4-19(25)5-3-17/h2-12,21H,13-15H2,1H3/p+1. The number of nitrogens with one attached hydrogen (secondary N) is 1. The molecule has 0 aliphatic carbocycles. The molecule has 1 atom stereocenters. The molecule has 3 aromatic rings. The Morgan fingerprint density at radius 2 is 1.91 bits per heavy atom. The van der Waals surface area contributed by atoms with Gasteiger partial charge in [-0.3, -0.25) is 9.69 Å². The van der Waals surface area contributed by atoms with Gasteiger partial charge in [-0.15, -0.1) is 0 Å². The Morgan fingerprint density at radius 1 is 1.19 bits per heavy atom. The normalized spacial score (nSPS) is 15.5. The number of rotatable bonds is 6. The average Bonchev–Trinajstić information content (AvgIpc) is 3.15. The van der Waals surface area contributed by atoms with Gasteiger partial charge >= 0.3 is 6.09 Å². The Kier molecular flexibility index (Phi) is 6.37. The third-order valence-corrected chi connectivity index (χ3v) is 5.45. The van der Waals surface area contributed by atoms with Gasteiger partial charge in [0.25, 0.3) is 0 Å². The number of hydrogen-bond donors (Lipinski definition) is 1. The lowest BCUT2D eigenvalue weighted by Gasteiger charge is -2.14. The fourth-order valence-electron chi connectivity index (χ4n) is 3.55. The van der Waals surface area contributed by atoms with Crippen molar-refractivity contribution >= 4 is 29.3 Å². The van der Waals surface area contributed by atoms with Crippen molar-refractivity contribution in [1.82, 2.24) is 5.32 Å². The van der Waals surface area contributed by atoms with Gasteiger partial charge in [-0.2, -0.15) is 0 Å². The number of amides is 2. The number of nitrogens with zero attached hydrogens (tertiary/aromatic N) is 2. The number of pyridine rings is 1. The van der Waals surface area contributed by atoms with Crippen molar-refractivity contribution in [1.29, 1.82) is 0 Å². The van der Waals surface area contributed by atoms with Gasteiger partial charge in [0.15, 0.2) is 18.9 Å². The van der Waals surface area contributed by atoms with Gasteiger partial charge in [0.05, 0.1) is 18.8 Å². The second kappa shape index (κ2) is 9.36. The Bertz CT molecular complexity index is 1140. The van der Waals surface area contributed by atoms with E-state index < -0.39 is 18.0 Å².